The molecule has 1 aliphatic heterocycles. The van der Waals surface area contributed by atoms with E-state index in [1.54, 1.807) is 0 Å². The molecule has 0 amide bonds. The molecule has 0 aromatic rings. The van der Waals surface area contributed by atoms with Crippen LogP contribution in [0.25, 0.3) is 0 Å². The molecule has 0 radical (unpaired) electrons. The van der Waals surface area contributed by atoms with Crippen molar-refractivity contribution in [2.24, 2.45) is 5.92 Å². The number of hydrogen-bond donors (Lipinski definition) is 2. The first-order valence-corrected chi connectivity index (χ1v) is 6.81. The maximum Gasteiger partial charge on any atom is 0.0445 e. The van der Waals surface area contributed by atoms with E-state index in [1.165, 1.54) is 32.4 Å². The molecule has 3 nitrogen and oxygen atoms in total. The van der Waals surface area contributed by atoms with Gasteiger partial charge in [0.2, 0.25) is 0 Å². The summed E-state index contributed by atoms with van der Waals surface area (Å²) in [5, 5.41) is 12.8. The first-order chi connectivity index (χ1) is 7.70. The zero-order valence-corrected chi connectivity index (χ0v) is 10.7. The second-order valence-electron chi connectivity index (χ2n) is 5.74. The third-order valence-electron chi connectivity index (χ3n) is 3.98. The Morgan fingerprint density at radius 3 is 2.62 bits per heavy atom. The van der Waals surface area contributed by atoms with Crippen molar-refractivity contribution in [2.75, 3.05) is 19.7 Å². The van der Waals surface area contributed by atoms with Crippen molar-refractivity contribution in [3.05, 3.63) is 0 Å². The molecule has 2 atom stereocenters. The number of nitrogens with zero attached hydrogens (tertiary/aromatic N) is 1. The summed E-state index contributed by atoms with van der Waals surface area (Å²) in [4.78, 5) is 2.63. The maximum atomic E-state index is 9.06. The van der Waals surface area contributed by atoms with Crippen LogP contribution in [0.15, 0.2) is 0 Å². The number of likely N-dealkylation sites (tertiary alicyclic amines) is 1. The highest BCUT2D eigenvalue weighted by atomic mass is 16.3. The van der Waals surface area contributed by atoms with Gasteiger partial charge in [0.05, 0.1) is 0 Å². The Bertz CT molecular complexity index is 216. The zero-order chi connectivity index (χ0) is 11.5. The Morgan fingerprint density at radius 2 is 2.06 bits per heavy atom. The lowest BCUT2D eigenvalue weighted by Gasteiger charge is -2.26. The fourth-order valence-corrected chi connectivity index (χ4v) is 2.75. The zero-order valence-electron chi connectivity index (χ0n) is 10.7. The lowest BCUT2D eigenvalue weighted by Crippen LogP contribution is -2.43. The van der Waals surface area contributed by atoms with Crippen LogP contribution in [0, 0.1) is 5.92 Å². The van der Waals surface area contributed by atoms with Gasteiger partial charge < -0.3 is 10.4 Å². The molecule has 0 bridgehead atoms. The summed E-state index contributed by atoms with van der Waals surface area (Å²) in [6, 6.07) is 2.04. The van der Waals surface area contributed by atoms with E-state index in [9.17, 15) is 0 Å². The van der Waals surface area contributed by atoms with Crippen LogP contribution in [0.3, 0.4) is 0 Å². The van der Waals surface area contributed by atoms with Crippen molar-refractivity contribution >= 4 is 0 Å². The van der Waals surface area contributed by atoms with Gasteiger partial charge in [0.25, 0.3) is 0 Å². The van der Waals surface area contributed by atoms with Crippen LogP contribution in [0.2, 0.25) is 0 Å². The minimum Gasteiger partial charge on any atom is -0.396 e. The summed E-state index contributed by atoms with van der Waals surface area (Å²) in [5.41, 5.74) is 0. The van der Waals surface area contributed by atoms with Gasteiger partial charge in [-0.05, 0) is 31.6 Å². The van der Waals surface area contributed by atoms with Crippen LogP contribution in [0.5, 0.6) is 0 Å². The molecule has 3 heteroatoms. The second kappa shape index (κ2) is 5.48. The van der Waals surface area contributed by atoms with Crippen molar-refractivity contribution in [3.8, 4) is 0 Å². The van der Waals surface area contributed by atoms with E-state index in [0.29, 0.717) is 24.6 Å². The Labute approximate surface area is 99.2 Å². The molecule has 1 heterocycles. The SMILES string of the molecule is CC(C)C(CCO)NC1CCN(C2CC2)C1. The molecule has 1 saturated heterocycles. The molecule has 1 aliphatic carbocycles. The molecule has 2 fully saturated rings. The van der Waals surface area contributed by atoms with Gasteiger partial charge in [0.15, 0.2) is 0 Å². The van der Waals surface area contributed by atoms with Gasteiger partial charge in [-0.1, -0.05) is 13.8 Å². The molecular weight excluding hydrogens is 200 g/mol. The molecule has 94 valence electrons. The van der Waals surface area contributed by atoms with Crippen molar-refractivity contribution < 1.29 is 5.11 Å². The number of aliphatic hydroxyl groups is 1. The molecule has 0 aromatic heterocycles. The third kappa shape index (κ3) is 3.19. The molecule has 2 rings (SSSR count). The molecular formula is C13H26N2O. The summed E-state index contributed by atoms with van der Waals surface area (Å²) in [6.45, 7) is 7.27. The van der Waals surface area contributed by atoms with E-state index >= 15 is 0 Å². The molecule has 2 N–H and O–H groups in total. The standard InChI is InChI=1S/C13H26N2O/c1-10(2)13(6-8-16)14-11-5-7-15(9-11)12-3-4-12/h10-14,16H,3-9H2,1-2H3. The summed E-state index contributed by atoms with van der Waals surface area (Å²) < 4.78 is 0. The smallest absolute Gasteiger partial charge is 0.0445 e. The second-order valence-corrected chi connectivity index (χ2v) is 5.74. The largest absolute Gasteiger partial charge is 0.396 e. The van der Waals surface area contributed by atoms with Gasteiger partial charge in [-0.2, -0.15) is 0 Å². The summed E-state index contributed by atoms with van der Waals surface area (Å²) in [6.07, 6.45) is 5.00. The van der Waals surface area contributed by atoms with Gasteiger partial charge >= 0.3 is 0 Å². The van der Waals surface area contributed by atoms with E-state index < -0.39 is 0 Å². The van der Waals surface area contributed by atoms with E-state index in [0.717, 1.165) is 12.5 Å². The molecule has 2 aliphatic rings. The van der Waals surface area contributed by atoms with Crippen molar-refractivity contribution in [2.45, 2.75) is 57.7 Å². The first kappa shape index (κ1) is 12.3. The van der Waals surface area contributed by atoms with Crippen molar-refractivity contribution in [1.82, 2.24) is 10.2 Å². The van der Waals surface area contributed by atoms with Crippen LogP contribution in [0.4, 0.5) is 0 Å². The first-order valence-electron chi connectivity index (χ1n) is 6.81. The van der Waals surface area contributed by atoms with Crippen molar-refractivity contribution in [3.63, 3.8) is 0 Å². The number of aliphatic hydroxyl groups excluding tert-OH is 1. The molecule has 0 aromatic carbocycles. The van der Waals surface area contributed by atoms with Crippen LogP contribution >= 0.6 is 0 Å². The Balaban J connectivity index is 1.75. The van der Waals surface area contributed by atoms with Crippen LogP contribution in [-0.2, 0) is 0 Å². The van der Waals surface area contributed by atoms with Gasteiger partial charge in [-0.25, -0.2) is 0 Å². The highest BCUT2D eigenvalue weighted by Gasteiger charge is 2.34. The normalized spacial score (nSPS) is 28.9. The minimum absolute atomic E-state index is 0.301. The average molecular weight is 226 g/mol. The highest BCUT2D eigenvalue weighted by Crippen LogP contribution is 2.30. The summed E-state index contributed by atoms with van der Waals surface area (Å²) >= 11 is 0. The van der Waals surface area contributed by atoms with Crippen molar-refractivity contribution in [1.29, 1.82) is 0 Å². The van der Waals surface area contributed by atoms with Gasteiger partial charge in [-0.15, -0.1) is 0 Å². The quantitative estimate of drug-likeness (QED) is 0.715. The van der Waals surface area contributed by atoms with Gasteiger partial charge in [-0.3, -0.25) is 4.90 Å². The summed E-state index contributed by atoms with van der Waals surface area (Å²) in [5.74, 6) is 0.613. The van der Waals surface area contributed by atoms with E-state index in [4.69, 9.17) is 5.11 Å². The fourth-order valence-electron chi connectivity index (χ4n) is 2.75. The molecule has 1 saturated carbocycles. The van der Waals surface area contributed by atoms with Crippen LogP contribution in [-0.4, -0.2) is 47.8 Å². The predicted molar refractivity (Wildman–Crippen MR) is 66.5 cm³/mol. The fraction of sp³-hybridized carbons (Fsp3) is 1.00. The third-order valence-corrected chi connectivity index (χ3v) is 3.98. The Morgan fingerprint density at radius 1 is 1.31 bits per heavy atom. The molecule has 2 unspecified atom stereocenters. The molecule has 0 spiro atoms. The predicted octanol–water partition coefficient (Wildman–Crippen LogP) is 1.22. The van der Waals surface area contributed by atoms with Crippen LogP contribution < -0.4 is 5.32 Å². The van der Waals surface area contributed by atoms with E-state index in [2.05, 4.69) is 24.1 Å². The average Bonchev–Trinajstić information content (AvgIpc) is 2.99. The van der Waals surface area contributed by atoms with Gasteiger partial charge in [0, 0.05) is 37.8 Å². The number of nitrogens with one attached hydrogen (secondary N) is 1. The maximum absolute atomic E-state index is 9.06. The Hall–Kier alpha value is -0.120. The number of hydrogen-bond acceptors (Lipinski definition) is 3. The van der Waals surface area contributed by atoms with E-state index in [-0.39, 0.29) is 0 Å². The minimum atomic E-state index is 0.301. The Kier molecular flexibility index (Phi) is 4.22. The van der Waals surface area contributed by atoms with Crippen LogP contribution in [0.1, 0.15) is 39.5 Å². The molecule has 16 heavy (non-hydrogen) atoms. The van der Waals surface area contributed by atoms with E-state index in [1.807, 2.05) is 0 Å². The van der Waals surface area contributed by atoms with Gasteiger partial charge in [0.1, 0.15) is 0 Å². The monoisotopic (exact) mass is 226 g/mol. The lowest BCUT2D eigenvalue weighted by atomic mass is 10.00. The topological polar surface area (TPSA) is 35.5 Å². The lowest BCUT2D eigenvalue weighted by molar-refractivity contribution is 0.232. The number of rotatable bonds is 6. The highest BCUT2D eigenvalue weighted by molar-refractivity contribution is 4.93. The summed E-state index contributed by atoms with van der Waals surface area (Å²) in [7, 11) is 0.